The summed E-state index contributed by atoms with van der Waals surface area (Å²) in [6.07, 6.45) is 0. The van der Waals surface area contributed by atoms with Crippen LogP contribution in [0.3, 0.4) is 0 Å². The van der Waals surface area contributed by atoms with Gasteiger partial charge in [-0.05, 0) is 32.0 Å². The molecule has 0 bridgehead atoms. The van der Waals surface area contributed by atoms with Gasteiger partial charge in [0.2, 0.25) is 5.78 Å². The smallest absolute Gasteiger partial charge is 0.378 e. The normalized spacial score (nSPS) is 11.2. The third-order valence-electron chi connectivity index (χ3n) is 3.84. The summed E-state index contributed by atoms with van der Waals surface area (Å²) in [4.78, 5) is 32.6. The number of nitrogens with zero attached hydrogens (tertiary/aromatic N) is 4. The van der Waals surface area contributed by atoms with E-state index >= 15 is 0 Å². The van der Waals surface area contributed by atoms with Crippen LogP contribution in [0, 0.1) is 13.8 Å². The number of esters is 1. The molecule has 0 aliphatic heterocycles. The van der Waals surface area contributed by atoms with Crippen LogP contribution in [-0.2, 0) is 4.74 Å². The van der Waals surface area contributed by atoms with Crippen molar-refractivity contribution in [2.45, 2.75) is 13.8 Å². The predicted octanol–water partition coefficient (Wildman–Crippen LogP) is 2.53. The molecule has 0 unspecified atom stereocenters. The minimum atomic E-state index is -0.794. The summed E-state index contributed by atoms with van der Waals surface area (Å²) < 4.78 is 11.9. The van der Waals surface area contributed by atoms with Gasteiger partial charge >= 0.3 is 5.97 Å². The van der Waals surface area contributed by atoms with Crippen LogP contribution < -0.4 is 0 Å². The molecule has 0 saturated carbocycles. The van der Waals surface area contributed by atoms with Crippen molar-refractivity contribution in [2.24, 2.45) is 0 Å². The van der Waals surface area contributed by atoms with E-state index in [4.69, 9.17) is 9.15 Å². The van der Waals surface area contributed by atoms with E-state index in [1.54, 1.807) is 12.1 Å². The molecule has 0 saturated heterocycles. The van der Waals surface area contributed by atoms with Gasteiger partial charge in [0.05, 0.1) is 0 Å². The number of Topliss-reactive ketones (excluding diaryl/α,β-unsaturated/α-hetero) is 1. The Morgan fingerprint density at radius 3 is 2.77 bits per heavy atom. The number of hydrogen-bond donors (Lipinski definition) is 0. The monoisotopic (exact) mass is 350 g/mol. The van der Waals surface area contributed by atoms with Crippen LogP contribution in [0.25, 0.3) is 16.7 Å². The fraction of sp³-hybridized carbons (Fsp3) is 0.167. The highest BCUT2D eigenvalue weighted by molar-refractivity contribution is 5.99. The number of ether oxygens (including phenoxy) is 1. The molecule has 4 rings (SSSR count). The maximum Gasteiger partial charge on any atom is 0.378 e. The molecule has 3 heterocycles. The van der Waals surface area contributed by atoms with Crippen molar-refractivity contribution in [1.29, 1.82) is 0 Å². The van der Waals surface area contributed by atoms with Gasteiger partial charge in [-0.15, -0.1) is 5.10 Å². The van der Waals surface area contributed by atoms with Gasteiger partial charge in [-0.2, -0.15) is 4.98 Å². The van der Waals surface area contributed by atoms with Crippen LogP contribution in [0.2, 0.25) is 0 Å². The minimum absolute atomic E-state index is 0.134. The van der Waals surface area contributed by atoms with Crippen molar-refractivity contribution in [3.05, 3.63) is 59.4 Å². The van der Waals surface area contributed by atoms with Crippen molar-refractivity contribution in [3.8, 4) is 0 Å². The summed E-state index contributed by atoms with van der Waals surface area (Å²) in [6.45, 7) is 3.20. The van der Waals surface area contributed by atoms with E-state index in [0.717, 1.165) is 16.8 Å². The SMILES string of the molecule is Cc1cc(C)n2nc(C(=O)OCC(=O)c3cc4ccccc4o3)nc2n1. The first kappa shape index (κ1) is 15.9. The van der Waals surface area contributed by atoms with Crippen molar-refractivity contribution < 1.29 is 18.7 Å². The quantitative estimate of drug-likeness (QED) is 0.412. The molecule has 0 N–H and O–H groups in total. The molecule has 0 amide bonds. The van der Waals surface area contributed by atoms with Crippen molar-refractivity contribution >= 4 is 28.5 Å². The molecule has 0 aliphatic rings. The highest BCUT2D eigenvalue weighted by Gasteiger charge is 2.19. The molecule has 0 aliphatic carbocycles. The summed E-state index contributed by atoms with van der Waals surface area (Å²) in [5.41, 5.74) is 2.15. The fourth-order valence-electron chi connectivity index (χ4n) is 2.64. The van der Waals surface area contributed by atoms with E-state index in [1.165, 1.54) is 4.52 Å². The fourth-order valence-corrected chi connectivity index (χ4v) is 2.64. The molecule has 3 aromatic heterocycles. The summed E-state index contributed by atoms with van der Waals surface area (Å²) in [5.74, 6) is -0.947. The molecule has 8 heteroatoms. The molecule has 8 nitrogen and oxygen atoms in total. The third kappa shape index (κ3) is 2.81. The molecule has 4 aromatic rings. The number of carbonyl (C=O) groups is 2. The Balaban J connectivity index is 1.49. The van der Waals surface area contributed by atoms with Crippen molar-refractivity contribution in [3.63, 3.8) is 0 Å². The van der Waals surface area contributed by atoms with Crippen molar-refractivity contribution in [1.82, 2.24) is 19.6 Å². The van der Waals surface area contributed by atoms with E-state index in [9.17, 15) is 9.59 Å². The van der Waals surface area contributed by atoms with Gasteiger partial charge in [-0.1, -0.05) is 18.2 Å². The van der Waals surface area contributed by atoms with Gasteiger partial charge in [0.15, 0.2) is 12.4 Å². The summed E-state index contributed by atoms with van der Waals surface area (Å²) in [6, 6.07) is 10.7. The lowest BCUT2D eigenvalue weighted by Gasteiger charge is -1.99. The lowest BCUT2D eigenvalue weighted by Crippen LogP contribution is -2.15. The van der Waals surface area contributed by atoms with Crippen LogP contribution in [0.15, 0.2) is 40.8 Å². The lowest BCUT2D eigenvalue weighted by molar-refractivity contribution is 0.0456. The van der Waals surface area contributed by atoms with Gasteiger partial charge < -0.3 is 9.15 Å². The number of benzene rings is 1. The van der Waals surface area contributed by atoms with Gasteiger partial charge in [-0.3, -0.25) is 4.79 Å². The van der Waals surface area contributed by atoms with E-state index in [0.29, 0.717) is 11.4 Å². The zero-order chi connectivity index (χ0) is 18.3. The van der Waals surface area contributed by atoms with Crippen LogP contribution in [-0.4, -0.2) is 37.9 Å². The Morgan fingerprint density at radius 2 is 1.96 bits per heavy atom. The van der Waals surface area contributed by atoms with Gasteiger partial charge in [0.1, 0.15) is 5.58 Å². The van der Waals surface area contributed by atoms with E-state index < -0.39 is 18.4 Å². The Hall–Kier alpha value is -3.55. The molecule has 1 aromatic carbocycles. The number of carbonyl (C=O) groups excluding carboxylic acids is 2. The van der Waals surface area contributed by atoms with Crippen molar-refractivity contribution in [2.75, 3.05) is 6.61 Å². The van der Waals surface area contributed by atoms with Crippen LogP contribution in [0.4, 0.5) is 0 Å². The molecule has 130 valence electrons. The first-order valence-electron chi connectivity index (χ1n) is 7.91. The highest BCUT2D eigenvalue weighted by atomic mass is 16.5. The summed E-state index contributed by atoms with van der Waals surface area (Å²) in [7, 11) is 0. The topological polar surface area (TPSA) is 99.6 Å². The molecule has 0 spiro atoms. The number of ketones is 1. The number of hydrogen-bond acceptors (Lipinski definition) is 7. The Morgan fingerprint density at radius 1 is 1.15 bits per heavy atom. The maximum absolute atomic E-state index is 12.2. The molecule has 0 fully saturated rings. The standard InChI is InChI=1S/C18H14N4O4/c1-10-7-11(2)22-18(19-10)20-16(21-22)17(24)25-9-13(23)15-8-12-5-3-4-6-14(12)26-15/h3-8H,9H2,1-2H3. The largest absolute Gasteiger partial charge is 0.453 e. The van der Waals surface area contributed by atoms with E-state index in [2.05, 4.69) is 15.1 Å². The highest BCUT2D eigenvalue weighted by Crippen LogP contribution is 2.19. The Bertz CT molecular complexity index is 1130. The van der Waals surface area contributed by atoms with Gasteiger partial charge in [0, 0.05) is 16.8 Å². The van der Waals surface area contributed by atoms with Crippen LogP contribution in [0.5, 0.6) is 0 Å². The maximum atomic E-state index is 12.2. The first-order chi connectivity index (χ1) is 12.5. The van der Waals surface area contributed by atoms with Gasteiger partial charge in [0.25, 0.3) is 11.6 Å². The number of furan rings is 1. The van der Waals surface area contributed by atoms with Crippen LogP contribution in [0.1, 0.15) is 32.6 Å². The lowest BCUT2D eigenvalue weighted by atomic mass is 10.2. The second-order valence-electron chi connectivity index (χ2n) is 5.83. The predicted molar refractivity (Wildman–Crippen MR) is 91.1 cm³/mol. The molecule has 0 atom stereocenters. The Labute approximate surface area is 147 Å². The molecular formula is C18H14N4O4. The first-order valence-corrected chi connectivity index (χ1v) is 7.91. The summed E-state index contributed by atoms with van der Waals surface area (Å²) >= 11 is 0. The van der Waals surface area contributed by atoms with Crippen LogP contribution >= 0.6 is 0 Å². The molecular weight excluding hydrogens is 336 g/mol. The molecule has 26 heavy (non-hydrogen) atoms. The average molecular weight is 350 g/mol. The van der Waals surface area contributed by atoms with E-state index in [1.807, 2.05) is 38.1 Å². The number of aromatic nitrogens is 4. The number of para-hydroxylation sites is 1. The molecule has 0 radical (unpaired) electrons. The summed E-state index contributed by atoms with van der Waals surface area (Å²) in [5, 5.41) is 4.88. The minimum Gasteiger partial charge on any atom is -0.453 e. The second-order valence-corrected chi connectivity index (χ2v) is 5.83. The zero-order valence-corrected chi connectivity index (χ0v) is 14.1. The van der Waals surface area contributed by atoms with Gasteiger partial charge in [-0.25, -0.2) is 14.3 Å². The average Bonchev–Trinajstić information content (AvgIpc) is 3.23. The van der Waals surface area contributed by atoms with E-state index in [-0.39, 0.29) is 11.6 Å². The zero-order valence-electron chi connectivity index (χ0n) is 14.1. The number of aryl methyl sites for hydroxylation is 2. The number of rotatable bonds is 4. The Kier molecular flexibility index (Phi) is 3.72. The second kappa shape index (κ2) is 6.07. The number of fused-ring (bicyclic) bond motifs is 2. The third-order valence-corrected chi connectivity index (χ3v) is 3.84.